The maximum atomic E-state index is 12.2. The molecule has 0 aliphatic carbocycles. The first-order valence-corrected chi connectivity index (χ1v) is 6.78. The van der Waals surface area contributed by atoms with Crippen molar-refractivity contribution in [1.82, 2.24) is 9.88 Å². The van der Waals surface area contributed by atoms with Crippen molar-refractivity contribution in [2.45, 2.75) is 13.5 Å². The molecule has 2 heterocycles. The van der Waals surface area contributed by atoms with E-state index in [0.717, 1.165) is 4.88 Å². The summed E-state index contributed by atoms with van der Waals surface area (Å²) in [7, 11) is 1.79. The summed E-state index contributed by atoms with van der Waals surface area (Å²) in [6.45, 7) is 2.42. The molecule has 90 valence electrons. The molecule has 0 saturated carbocycles. The summed E-state index contributed by atoms with van der Waals surface area (Å²) in [5.41, 5.74) is 6.30. The number of carbonyl (C=O) groups excluding carboxylic acids is 1. The van der Waals surface area contributed by atoms with E-state index in [9.17, 15) is 4.79 Å². The molecule has 0 saturated heterocycles. The van der Waals surface area contributed by atoms with Crippen molar-refractivity contribution in [3.63, 3.8) is 0 Å². The summed E-state index contributed by atoms with van der Waals surface area (Å²) < 4.78 is 0. The standard InChI is InChI=1S/C11H13N3OS2/c1-7-9(17-11(12)13-7)10(15)14(2)6-8-4-3-5-16-8/h3-5H,6H2,1-2H3,(H2,12,13). The lowest BCUT2D eigenvalue weighted by Gasteiger charge is -2.15. The molecule has 0 unspecified atom stereocenters. The number of anilines is 1. The second-order valence-corrected chi connectivity index (χ2v) is 5.77. The van der Waals surface area contributed by atoms with Crippen molar-refractivity contribution in [1.29, 1.82) is 0 Å². The van der Waals surface area contributed by atoms with E-state index in [4.69, 9.17) is 5.73 Å². The number of nitrogen functional groups attached to an aromatic ring is 1. The van der Waals surface area contributed by atoms with Gasteiger partial charge in [0.1, 0.15) is 4.88 Å². The Morgan fingerprint density at radius 3 is 2.88 bits per heavy atom. The molecule has 0 aliphatic heterocycles. The van der Waals surface area contributed by atoms with Crippen molar-refractivity contribution in [2.75, 3.05) is 12.8 Å². The van der Waals surface area contributed by atoms with Gasteiger partial charge in [0.25, 0.3) is 5.91 Å². The van der Waals surface area contributed by atoms with Crippen LogP contribution in [0.15, 0.2) is 17.5 Å². The Balaban J connectivity index is 2.12. The SMILES string of the molecule is Cc1nc(N)sc1C(=O)N(C)Cc1cccs1. The van der Waals surface area contributed by atoms with Crippen molar-refractivity contribution in [3.8, 4) is 0 Å². The summed E-state index contributed by atoms with van der Waals surface area (Å²) in [5, 5.41) is 2.44. The van der Waals surface area contributed by atoms with Crippen LogP contribution in [0.1, 0.15) is 20.2 Å². The van der Waals surface area contributed by atoms with Crippen LogP contribution in [0.2, 0.25) is 0 Å². The fourth-order valence-corrected chi connectivity index (χ4v) is 3.08. The molecule has 0 aliphatic rings. The monoisotopic (exact) mass is 267 g/mol. The number of hydrogen-bond donors (Lipinski definition) is 1. The van der Waals surface area contributed by atoms with Gasteiger partial charge in [-0.25, -0.2) is 4.98 Å². The van der Waals surface area contributed by atoms with Gasteiger partial charge in [0.15, 0.2) is 5.13 Å². The van der Waals surface area contributed by atoms with E-state index < -0.39 is 0 Å². The van der Waals surface area contributed by atoms with E-state index >= 15 is 0 Å². The van der Waals surface area contributed by atoms with Crippen molar-refractivity contribution >= 4 is 33.7 Å². The summed E-state index contributed by atoms with van der Waals surface area (Å²) in [5.74, 6) is -0.0231. The number of nitrogens with two attached hydrogens (primary N) is 1. The Morgan fingerprint density at radius 1 is 1.59 bits per heavy atom. The number of thiazole rings is 1. The van der Waals surface area contributed by atoms with Gasteiger partial charge in [-0.3, -0.25) is 4.79 Å². The highest BCUT2D eigenvalue weighted by Gasteiger charge is 2.18. The smallest absolute Gasteiger partial charge is 0.265 e. The third-order valence-corrected chi connectivity index (χ3v) is 4.16. The average molecular weight is 267 g/mol. The molecule has 2 aromatic heterocycles. The minimum absolute atomic E-state index is 0.0231. The van der Waals surface area contributed by atoms with Gasteiger partial charge in [-0.1, -0.05) is 17.4 Å². The lowest BCUT2D eigenvalue weighted by atomic mass is 10.3. The first-order chi connectivity index (χ1) is 8.08. The van der Waals surface area contributed by atoms with E-state index in [1.807, 2.05) is 17.5 Å². The number of aryl methyl sites for hydroxylation is 1. The molecule has 0 bridgehead atoms. The number of thiophene rings is 1. The van der Waals surface area contributed by atoms with E-state index in [1.54, 1.807) is 30.2 Å². The Bertz CT molecular complexity index is 519. The van der Waals surface area contributed by atoms with Crippen LogP contribution in [0.5, 0.6) is 0 Å². The minimum atomic E-state index is -0.0231. The highest BCUT2D eigenvalue weighted by atomic mass is 32.1. The van der Waals surface area contributed by atoms with Gasteiger partial charge in [-0.05, 0) is 18.4 Å². The molecule has 1 amide bonds. The van der Waals surface area contributed by atoms with Crippen LogP contribution in [0.25, 0.3) is 0 Å². The third-order valence-electron chi connectivity index (χ3n) is 2.33. The van der Waals surface area contributed by atoms with Gasteiger partial charge in [0.2, 0.25) is 0 Å². The summed E-state index contributed by atoms with van der Waals surface area (Å²) in [6.07, 6.45) is 0. The average Bonchev–Trinajstić information content (AvgIpc) is 2.87. The zero-order valence-electron chi connectivity index (χ0n) is 9.64. The highest BCUT2D eigenvalue weighted by Crippen LogP contribution is 2.22. The molecule has 0 fully saturated rings. The molecule has 2 N–H and O–H groups in total. The molecule has 4 nitrogen and oxygen atoms in total. The minimum Gasteiger partial charge on any atom is -0.375 e. The Morgan fingerprint density at radius 2 is 2.35 bits per heavy atom. The lowest BCUT2D eigenvalue weighted by molar-refractivity contribution is 0.0790. The summed E-state index contributed by atoms with van der Waals surface area (Å²) in [4.78, 5) is 19.7. The van der Waals surface area contributed by atoms with Crippen molar-refractivity contribution < 1.29 is 4.79 Å². The largest absolute Gasteiger partial charge is 0.375 e. The fourth-order valence-electron chi connectivity index (χ4n) is 1.50. The van der Waals surface area contributed by atoms with Crippen molar-refractivity contribution in [3.05, 3.63) is 33.0 Å². The predicted molar refractivity (Wildman–Crippen MR) is 71.4 cm³/mol. The number of aromatic nitrogens is 1. The number of nitrogens with zero attached hydrogens (tertiary/aromatic N) is 2. The molecule has 2 aromatic rings. The van der Waals surface area contributed by atoms with Crippen LogP contribution in [0, 0.1) is 6.92 Å². The van der Waals surface area contributed by atoms with Gasteiger partial charge in [0.05, 0.1) is 12.2 Å². The quantitative estimate of drug-likeness (QED) is 0.928. The van der Waals surface area contributed by atoms with E-state index in [0.29, 0.717) is 22.2 Å². The maximum Gasteiger partial charge on any atom is 0.265 e. The molecule has 0 radical (unpaired) electrons. The normalized spacial score (nSPS) is 10.5. The zero-order chi connectivity index (χ0) is 12.4. The highest BCUT2D eigenvalue weighted by molar-refractivity contribution is 7.17. The van der Waals surface area contributed by atoms with Crippen molar-refractivity contribution in [2.24, 2.45) is 0 Å². The Hall–Kier alpha value is -1.40. The van der Waals surface area contributed by atoms with Crippen LogP contribution in [-0.2, 0) is 6.54 Å². The van der Waals surface area contributed by atoms with Gasteiger partial charge in [0, 0.05) is 11.9 Å². The number of amides is 1. The Kier molecular flexibility index (Phi) is 3.44. The number of hydrogen-bond acceptors (Lipinski definition) is 5. The first kappa shape index (κ1) is 12.1. The number of carbonyl (C=O) groups is 1. The van der Waals surface area contributed by atoms with Crippen LogP contribution in [0.3, 0.4) is 0 Å². The fraction of sp³-hybridized carbons (Fsp3) is 0.273. The van der Waals surface area contributed by atoms with E-state index in [-0.39, 0.29) is 5.91 Å². The molecule has 2 rings (SSSR count). The molecule has 0 aromatic carbocycles. The molecular formula is C11H13N3OS2. The lowest BCUT2D eigenvalue weighted by Crippen LogP contribution is -2.25. The van der Waals surface area contributed by atoms with Gasteiger partial charge < -0.3 is 10.6 Å². The molecule has 0 spiro atoms. The van der Waals surface area contributed by atoms with Crippen LogP contribution in [0.4, 0.5) is 5.13 Å². The summed E-state index contributed by atoms with van der Waals surface area (Å²) >= 11 is 2.88. The number of rotatable bonds is 3. The Labute approximate surface area is 108 Å². The van der Waals surface area contributed by atoms with Gasteiger partial charge >= 0.3 is 0 Å². The zero-order valence-corrected chi connectivity index (χ0v) is 11.3. The maximum absolute atomic E-state index is 12.2. The summed E-state index contributed by atoms with van der Waals surface area (Å²) in [6, 6.07) is 4.00. The molecular weight excluding hydrogens is 254 g/mol. The van der Waals surface area contributed by atoms with Crippen LogP contribution in [-0.4, -0.2) is 22.8 Å². The third kappa shape index (κ3) is 2.65. The predicted octanol–water partition coefficient (Wildman–Crippen LogP) is 2.37. The van der Waals surface area contributed by atoms with E-state index in [1.165, 1.54) is 11.3 Å². The second-order valence-electron chi connectivity index (χ2n) is 3.71. The van der Waals surface area contributed by atoms with Gasteiger partial charge in [-0.15, -0.1) is 11.3 Å². The van der Waals surface area contributed by atoms with E-state index in [2.05, 4.69) is 4.98 Å². The topological polar surface area (TPSA) is 59.2 Å². The van der Waals surface area contributed by atoms with Gasteiger partial charge in [-0.2, -0.15) is 0 Å². The van der Waals surface area contributed by atoms with Crippen LogP contribution >= 0.6 is 22.7 Å². The first-order valence-electron chi connectivity index (χ1n) is 5.08. The van der Waals surface area contributed by atoms with Crippen LogP contribution < -0.4 is 5.73 Å². The molecule has 0 atom stereocenters. The second kappa shape index (κ2) is 4.85. The molecule has 6 heteroatoms. The molecule has 17 heavy (non-hydrogen) atoms.